The number of thiophene rings is 1. The second-order valence-corrected chi connectivity index (χ2v) is 9.81. The number of amides is 2. The standard InChI is InChI=1S/C21H23ClN4O3S2/c1-2-9-30-21-24-11-14(22)17(25-21)19(28)26-20-16(13-6-3-7-15(13)31-20)18(27)23-10-12-5-4-8-29-12/h2,11-12H,1,3-10H2,(H,23,27)(H,26,28)/t12-/m0/s1. The molecule has 0 aromatic carbocycles. The zero-order chi connectivity index (χ0) is 21.8. The van der Waals surface area contributed by atoms with Crippen LogP contribution >= 0.6 is 34.7 Å². The van der Waals surface area contributed by atoms with Crippen LogP contribution in [0.15, 0.2) is 24.0 Å². The molecule has 1 aliphatic heterocycles. The molecule has 2 aromatic heterocycles. The highest BCUT2D eigenvalue weighted by Crippen LogP contribution is 2.39. The molecule has 7 nitrogen and oxygen atoms in total. The Hall–Kier alpha value is -1.94. The van der Waals surface area contributed by atoms with E-state index in [9.17, 15) is 9.59 Å². The predicted molar refractivity (Wildman–Crippen MR) is 124 cm³/mol. The fourth-order valence-corrected chi connectivity index (χ4v) is 5.72. The molecule has 164 valence electrons. The van der Waals surface area contributed by atoms with Gasteiger partial charge in [0.1, 0.15) is 5.00 Å². The average molecular weight is 479 g/mol. The maximum atomic E-state index is 13.0. The van der Waals surface area contributed by atoms with E-state index in [1.165, 1.54) is 29.3 Å². The van der Waals surface area contributed by atoms with Gasteiger partial charge in [0.15, 0.2) is 10.9 Å². The third-order valence-corrected chi connectivity index (χ3v) is 7.50. The number of carbonyl (C=O) groups is 2. The van der Waals surface area contributed by atoms with Crippen LogP contribution in [0.4, 0.5) is 5.00 Å². The monoisotopic (exact) mass is 478 g/mol. The van der Waals surface area contributed by atoms with E-state index in [0.717, 1.165) is 49.2 Å². The van der Waals surface area contributed by atoms with E-state index < -0.39 is 5.91 Å². The number of hydrogen-bond donors (Lipinski definition) is 2. The van der Waals surface area contributed by atoms with E-state index in [1.54, 1.807) is 6.08 Å². The SMILES string of the molecule is C=CCSc1ncc(Cl)c(C(=O)Nc2sc3c(c2C(=O)NC[C@@H]2CCCO2)CCC3)n1. The van der Waals surface area contributed by atoms with Crippen molar-refractivity contribution in [2.24, 2.45) is 0 Å². The zero-order valence-corrected chi connectivity index (χ0v) is 19.3. The minimum atomic E-state index is -0.457. The minimum absolute atomic E-state index is 0.0555. The van der Waals surface area contributed by atoms with Crippen LogP contribution in [0.2, 0.25) is 5.02 Å². The van der Waals surface area contributed by atoms with E-state index in [2.05, 4.69) is 27.2 Å². The Morgan fingerprint density at radius 1 is 1.35 bits per heavy atom. The second kappa shape index (κ2) is 10.1. The van der Waals surface area contributed by atoms with Crippen LogP contribution in [0.5, 0.6) is 0 Å². The summed E-state index contributed by atoms with van der Waals surface area (Å²) >= 11 is 9.00. The molecule has 4 rings (SSSR count). The largest absolute Gasteiger partial charge is 0.376 e. The summed E-state index contributed by atoms with van der Waals surface area (Å²) in [5, 5.41) is 6.99. The van der Waals surface area contributed by atoms with Gasteiger partial charge >= 0.3 is 0 Å². The van der Waals surface area contributed by atoms with E-state index in [0.29, 0.717) is 28.0 Å². The van der Waals surface area contributed by atoms with Crippen LogP contribution in [0.25, 0.3) is 0 Å². The number of anilines is 1. The third kappa shape index (κ3) is 5.11. The molecule has 2 N–H and O–H groups in total. The molecule has 0 bridgehead atoms. The van der Waals surface area contributed by atoms with Gasteiger partial charge in [-0.1, -0.05) is 29.4 Å². The van der Waals surface area contributed by atoms with Gasteiger partial charge in [0, 0.05) is 23.8 Å². The fourth-order valence-electron chi connectivity index (χ4n) is 3.71. The molecule has 0 spiro atoms. The first-order valence-electron chi connectivity index (χ1n) is 10.2. The molecular formula is C21H23ClN4O3S2. The number of aromatic nitrogens is 2. The summed E-state index contributed by atoms with van der Waals surface area (Å²) in [6.07, 6.45) is 7.94. The van der Waals surface area contributed by atoms with Gasteiger partial charge in [0.05, 0.1) is 22.9 Å². The van der Waals surface area contributed by atoms with Gasteiger partial charge in [-0.2, -0.15) is 0 Å². The number of aryl methyl sites for hydroxylation is 1. The van der Waals surface area contributed by atoms with E-state index in [1.807, 2.05) is 0 Å². The molecule has 0 saturated carbocycles. The highest BCUT2D eigenvalue weighted by molar-refractivity contribution is 7.99. The molecule has 31 heavy (non-hydrogen) atoms. The van der Waals surface area contributed by atoms with Crippen LogP contribution in [0.3, 0.4) is 0 Å². The summed E-state index contributed by atoms with van der Waals surface area (Å²) < 4.78 is 5.60. The molecule has 2 aromatic rings. The Morgan fingerprint density at radius 3 is 3.00 bits per heavy atom. The van der Waals surface area contributed by atoms with E-state index in [-0.39, 0.29) is 22.7 Å². The van der Waals surface area contributed by atoms with Gasteiger partial charge in [-0.3, -0.25) is 9.59 Å². The first-order valence-corrected chi connectivity index (χ1v) is 12.4. The average Bonchev–Trinajstić information content (AvgIpc) is 3.49. The number of rotatable bonds is 8. The summed E-state index contributed by atoms with van der Waals surface area (Å²) in [7, 11) is 0. The summed E-state index contributed by atoms with van der Waals surface area (Å²) in [4.78, 5) is 35.6. The maximum absolute atomic E-state index is 13.0. The van der Waals surface area contributed by atoms with Gasteiger partial charge in [-0.15, -0.1) is 17.9 Å². The van der Waals surface area contributed by atoms with Gasteiger partial charge in [-0.25, -0.2) is 9.97 Å². The highest BCUT2D eigenvalue weighted by Gasteiger charge is 2.29. The molecule has 1 aliphatic carbocycles. The lowest BCUT2D eigenvalue weighted by atomic mass is 10.1. The molecule has 2 amide bonds. The quantitative estimate of drug-likeness (QED) is 0.337. The molecule has 3 heterocycles. The van der Waals surface area contributed by atoms with Crippen LogP contribution < -0.4 is 10.6 Å². The van der Waals surface area contributed by atoms with Crippen LogP contribution in [-0.2, 0) is 17.6 Å². The number of carbonyl (C=O) groups excluding carboxylic acids is 2. The van der Waals surface area contributed by atoms with Gasteiger partial charge in [0.2, 0.25) is 0 Å². The van der Waals surface area contributed by atoms with Crippen molar-refractivity contribution in [2.45, 2.75) is 43.4 Å². The van der Waals surface area contributed by atoms with Crippen molar-refractivity contribution in [3.63, 3.8) is 0 Å². The normalized spacial score (nSPS) is 17.4. The van der Waals surface area contributed by atoms with E-state index in [4.69, 9.17) is 16.3 Å². The Kier molecular flexibility index (Phi) is 7.27. The molecule has 0 unspecified atom stereocenters. The van der Waals surface area contributed by atoms with Gasteiger partial charge in [0.25, 0.3) is 11.8 Å². The van der Waals surface area contributed by atoms with Crippen molar-refractivity contribution in [1.29, 1.82) is 0 Å². The lowest BCUT2D eigenvalue weighted by Gasteiger charge is -2.13. The number of fused-ring (bicyclic) bond motifs is 1. The molecule has 2 aliphatic rings. The number of ether oxygens (including phenoxy) is 1. The van der Waals surface area contributed by atoms with Crippen molar-refractivity contribution in [3.05, 3.63) is 45.6 Å². The van der Waals surface area contributed by atoms with Gasteiger partial charge < -0.3 is 15.4 Å². The smallest absolute Gasteiger partial charge is 0.276 e. The number of nitrogens with one attached hydrogen (secondary N) is 2. The van der Waals surface area contributed by atoms with E-state index >= 15 is 0 Å². The van der Waals surface area contributed by atoms with Crippen molar-refractivity contribution < 1.29 is 14.3 Å². The summed E-state index contributed by atoms with van der Waals surface area (Å²) in [6, 6.07) is 0. The number of hydrogen-bond acceptors (Lipinski definition) is 7. The Balaban J connectivity index is 1.54. The molecule has 1 saturated heterocycles. The first kappa shape index (κ1) is 22.3. The fraction of sp³-hybridized carbons (Fsp3) is 0.429. The van der Waals surface area contributed by atoms with Crippen molar-refractivity contribution in [3.8, 4) is 0 Å². The number of nitrogens with zero attached hydrogens (tertiary/aromatic N) is 2. The van der Waals surface area contributed by atoms with Gasteiger partial charge in [-0.05, 0) is 37.7 Å². The Bertz CT molecular complexity index is 1000. The summed E-state index contributed by atoms with van der Waals surface area (Å²) in [6.45, 7) is 4.88. The Morgan fingerprint density at radius 2 is 2.23 bits per heavy atom. The molecular weight excluding hydrogens is 456 g/mol. The molecule has 1 fully saturated rings. The lowest BCUT2D eigenvalue weighted by molar-refractivity contribution is 0.0858. The zero-order valence-electron chi connectivity index (χ0n) is 16.9. The minimum Gasteiger partial charge on any atom is -0.376 e. The van der Waals surface area contributed by atoms with Crippen LogP contribution in [-0.4, -0.2) is 46.8 Å². The molecule has 1 atom stereocenters. The highest BCUT2D eigenvalue weighted by atomic mass is 35.5. The summed E-state index contributed by atoms with van der Waals surface area (Å²) in [5.74, 6) is -0.0165. The topological polar surface area (TPSA) is 93.2 Å². The second-order valence-electron chi connectivity index (χ2n) is 7.31. The van der Waals surface area contributed by atoms with Crippen LogP contribution in [0.1, 0.15) is 50.5 Å². The predicted octanol–water partition coefficient (Wildman–Crippen LogP) is 4.12. The first-order chi connectivity index (χ1) is 15.1. The maximum Gasteiger partial charge on any atom is 0.276 e. The lowest BCUT2D eigenvalue weighted by Crippen LogP contribution is -2.32. The third-order valence-electron chi connectivity index (χ3n) is 5.16. The molecule has 10 heteroatoms. The Labute approximate surface area is 194 Å². The molecule has 0 radical (unpaired) electrons. The number of thioether (sulfide) groups is 1. The van der Waals surface area contributed by atoms with Crippen molar-refractivity contribution >= 4 is 51.5 Å². The van der Waals surface area contributed by atoms with Crippen LogP contribution in [0, 0.1) is 0 Å². The van der Waals surface area contributed by atoms with Crippen molar-refractivity contribution in [1.82, 2.24) is 15.3 Å². The van der Waals surface area contributed by atoms with Crippen molar-refractivity contribution in [2.75, 3.05) is 24.2 Å². The number of halogens is 1. The summed E-state index contributed by atoms with van der Waals surface area (Å²) in [5.41, 5.74) is 1.67.